The average Bonchev–Trinajstić information content (AvgIpc) is 3.70. The van der Waals surface area contributed by atoms with Crippen molar-refractivity contribution in [3.63, 3.8) is 0 Å². The van der Waals surface area contributed by atoms with Gasteiger partial charge in [-0.25, -0.2) is 0 Å². The Balaban J connectivity index is 0.000000152. The first-order valence-electron chi connectivity index (χ1n) is 15.2. The molecule has 6 aromatic rings. The lowest BCUT2D eigenvalue weighted by Crippen LogP contribution is -2.47. The van der Waals surface area contributed by atoms with E-state index in [1.54, 1.807) is 36.4 Å². The predicted octanol–water partition coefficient (Wildman–Crippen LogP) is 6.23. The number of hydrogen-bond donors (Lipinski definition) is 6. The van der Waals surface area contributed by atoms with Gasteiger partial charge in [-0.2, -0.15) is 0 Å². The number of rotatable bonds is 4. The van der Waals surface area contributed by atoms with Crippen molar-refractivity contribution >= 4 is 80.0 Å². The van der Waals surface area contributed by atoms with E-state index in [0.717, 1.165) is 44.3 Å². The van der Waals surface area contributed by atoms with Gasteiger partial charge in [0.05, 0.1) is 0 Å². The number of nitrogens with one attached hydrogen (secondary N) is 6. The number of carbonyl (C=O) groups excluding carboxylic acids is 4. The van der Waals surface area contributed by atoms with Crippen LogP contribution in [0.15, 0.2) is 97.1 Å². The molecule has 4 heterocycles. The topological polar surface area (TPSA) is 148 Å². The Kier molecular flexibility index (Phi) is 8.34. The highest BCUT2D eigenvalue weighted by Gasteiger charge is 2.29. The molecule has 1 unspecified atom stereocenters. The van der Waals surface area contributed by atoms with Crippen LogP contribution in [0.1, 0.15) is 32.1 Å². The van der Waals surface area contributed by atoms with Crippen molar-refractivity contribution in [2.75, 3.05) is 10.6 Å². The van der Waals surface area contributed by atoms with E-state index in [1.165, 1.54) is 0 Å². The number of amides is 4. The predicted molar refractivity (Wildman–Crippen MR) is 187 cm³/mol. The number of H-pyrrole nitrogens is 2. The van der Waals surface area contributed by atoms with Crippen LogP contribution in [0.4, 0.5) is 11.4 Å². The number of hydrogen-bond acceptors (Lipinski definition) is 4. The summed E-state index contributed by atoms with van der Waals surface area (Å²) in [7, 11) is 0. The second-order valence-corrected chi connectivity index (χ2v) is 12.5. The first-order valence-corrected chi connectivity index (χ1v) is 15.9. The maximum absolute atomic E-state index is 12.5. The molecule has 0 aliphatic carbocycles. The van der Waals surface area contributed by atoms with E-state index in [0.29, 0.717) is 34.3 Å². The maximum Gasteiger partial charge on any atom is 0.268 e. The summed E-state index contributed by atoms with van der Waals surface area (Å²) in [5, 5.41) is 14.1. The van der Waals surface area contributed by atoms with Crippen LogP contribution in [0, 0.1) is 0 Å². The summed E-state index contributed by atoms with van der Waals surface area (Å²) in [6.07, 6.45) is 0.944. The molecule has 4 amide bonds. The zero-order valence-electron chi connectivity index (χ0n) is 25.2. The molecule has 240 valence electrons. The van der Waals surface area contributed by atoms with Gasteiger partial charge in [-0.1, -0.05) is 59.6 Å². The molecular weight excluding hydrogens is 651 g/mol. The van der Waals surface area contributed by atoms with Crippen LogP contribution >= 0.6 is 23.2 Å². The van der Waals surface area contributed by atoms with Gasteiger partial charge in [0.15, 0.2) is 0 Å². The van der Waals surface area contributed by atoms with E-state index in [2.05, 4.69) is 31.2 Å². The number of aromatic amines is 2. The summed E-state index contributed by atoms with van der Waals surface area (Å²) in [5.41, 5.74) is 6.06. The molecule has 48 heavy (non-hydrogen) atoms. The van der Waals surface area contributed by atoms with Crippen LogP contribution < -0.4 is 21.3 Å². The van der Waals surface area contributed by atoms with Crippen molar-refractivity contribution in [1.29, 1.82) is 0 Å². The molecule has 0 fully saturated rings. The number of benzene rings is 4. The minimum atomic E-state index is -0.595. The molecule has 4 aromatic carbocycles. The molecule has 0 spiro atoms. The molecular formula is C36H28Cl2N6O4. The van der Waals surface area contributed by atoms with Crippen LogP contribution in [-0.4, -0.2) is 45.7 Å². The number of fused-ring (bicyclic) bond motifs is 4. The molecule has 8 rings (SSSR count). The largest absolute Gasteiger partial charge is 0.351 e. The normalized spacial score (nSPS) is 16.5. The quantitative estimate of drug-likeness (QED) is 0.131. The van der Waals surface area contributed by atoms with Crippen molar-refractivity contribution in [3.8, 4) is 0 Å². The van der Waals surface area contributed by atoms with Gasteiger partial charge in [0.2, 0.25) is 11.8 Å². The molecule has 2 aliphatic heterocycles. The molecule has 0 radical (unpaired) electrons. The van der Waals surface area contributed by atoms with Gasteiger partial charge in [-0.3, -0.25) is 19.2 Å². The second kappa shape index (κ2) is 12.9. The zero-order valence-corrected chi connectivity index (χ0v) is 26.7. The SMILES string of the molecule is O=C(NC1Cc2ccccc2NC1=O)c1cc2cc(Cl)ccc2[nH]1.O=C(N[C@@H]1Cc2ccccc2NC1=O)c1cc2cc(Cl)ccc2[nH]1. The first kappa shape index (κ1) is 31.0. The fourth-order valence-electron chi connectivity index (χ4n) is 5.86. The van der Waals surface area contributed by atoms with Crippen LogP contribution in [0.2, 0.25) is 10.0 Å². The van der Waals surface area contributed by atoms with E-state index >= 15 is 0 Å². The lowest BCUT2D eigenvalue weighted by molar-refractivity contribution is -0.119. The molecule has 0 bridgehead atoms. The first-order chi connectivity index (χ1) is 23.2. The molecule has 2 atom stereocenters. The Morgan fingerprint density at radius 1 is 0.583 bits per heavy atom. The fraction of sp³-hybridized carbons (Fsp3) is 0.111. The van der Waals surface area contributed by atoms with Gasteiger partial charge in [0, 0.05) is 56.1 Å². The zero-order chi connectivity index (χ0) is 33.4. The lowest BCUT2D eigenvalue weighted by atomic mass is 9.99. The monoisotopic (exact) mass is 678 g/mol. The molecule has 12 heteroatoms. The second-order valence-electron chi connectivity index (χ2n) is 11.6. The molecule has 0 saturated heterocycles. The molecule has 6 N–H and O–H groups in total. The highest BCUT2D eigenvalue weighted by atomic mass is 35.5. The van der Waals surface area contributed by atoms with Gasteiger partial charge in [-0.15, -0.1) is 0 Å². The maximum atomic E-state index is 12.5. The summed E-state index contributed by atoms with van der Waals surface area (Å²) in [4.78, 5) is 55.4. The Hall–Kier alpha value is -5.58. The van der Waals surface area contributed by atoms with Gasteiger partial charge >= 0.3 is 0 Å². The number of anilines is 2. The summed E-state index contributed by atoms with van der Waals surface area (Å²) in [5.74, 6) is -1.05. The highest BCUT2D eigenvalue weighted by molar-refractivity contribution is 6.31. The van der Waals surface area contributed by atoms with Crippen molar-refractivity contribution in [3.05, 3.63) is 130 Å². The van der Waals surface area contributed by atoms with E-state index in [9.17, 15) is 19.2 Å². The molecule has 10 nitrogen and oxygen atoms in total. The van der Waals surface area contributed by atoms with E-state index in [-0.39, 0.29) is 23.6 Å². The third-order valence-corrected chi connectivity index (χ3v) is 8.77. The minimum absolute atomic E-state index is 0.207. The Bertz CT molecular complexity index is 2090. The summed E-state index contributed by atoms with van der Waals surface area (Å²) < 4.78 is 0. The number of para-hydroxylation sites is 2. The van der Waals surface area contributed by atoms with Gasteiger partial charge in [0.25, 0.3) is 11.8 Å². The fourth-order valence-corrected chi connectivity index (χ4v) is 6.22. The smallest absolute Gasteiger partial charge is 0.268 e. The number of halogens is 2. The average molecular weight is 680 g/mol. The molecule has 2 aliphatic rings. The third-order valence-electron chi connectivity index (χ3n) is 8.30. The van der Waals surface area contributed by atoms with Gasteiger partial charge < -0.3 is 31.2 Å². The van der Waals surface area contributed by atoms with Gasteiger partial charge in [-0.05, 0) is 71.8 Å². The van der Waals surface area contributed by atoms with Crippen molar-refractivity contribution in [1.82, 2.24) is 20.6 Å². The highest BCUT2D eigenvalue weighted by Crippen LogP contribution is 2.25. The van der Waals surface area contributed by atoms with E-state index < -0.39 is 12.1 Å². The standard InChI is InChI=1S/2C18H14ClN3O2/c2*19-12-5-6-14-11(7-12)9-15(20-14)17(23)22-16-8-10-3-1-2-4-13(10)21-18(16)24/h2*1-7,9,16,20H,8H2,(H,21,24)(H,22,23)/t16-;/m1./s1. The van der Waals surface area contributed by atoms with E-state index in [1.807, 2.05) is 60.7 Å². The van der Waals surface area contributed by atoms with Crippen LogP contribution in [0.3, 0.4) is 0 Å². The van der Waals surface area contributed by atoms with Crippen LogP contribution in [0.5, 0.6) is 0 Å². The van der Waals surface area contributed by atoms with Crippen molar-refractivity contribution in [2.45, 2.75) is 24.9 Å². The number of carbonyl (C=O) groups is 4. The van der Waals surface area contributed by atoms with Gasteiger partial charge in [0.1, 0.15) is 23.5 Å². The lowest BCUT2D eigenvalue weighted by Gasteiger charge is -2.25. The summed E-state index contributed by atoms with van der Waals surface area (Å²) in [6, 6.07) is 28.1. The Morgan fingerprint density at radius 2 is 1.00 bits per heavy atom. The van der Waals surface area contributed by atoms with Crippen LogP contribution in [-0.2, 0) is 22.4 Å². The molecule has 2 aromatic heterocycles. The summed E-state index contributed by atoms with van der Waals surface area (Å²) >= 11 is 11.9. The van der Waals surface area contributed by atoms with E-state index in [4.69, 9.17) is 23.2 Å². The van der Waals surface area contributed by atoms with Crippen LogP contribution in [0.25, 0.3) is 21.8 Å². The van der Waals surface area contributed by atoms with Crippen molar-refractivity contribution < 1.29 is 19.2 Å². The Labute approximate surface area is 284 Å². The molecule has 0 saturated carbocycles. The number of aromatic nitrogens is 2. The summed E-state index contributed by atoms with van der Waals surface area (Å²) in [6.45, 7) is 0. The minimum Gasteiger partial charge on any atom is -0.351 e. The third kappa shape index (κ3) is 6.48. The Morgan fingerprint density at radius 3 is 1.44 bits per heavy atom. The van der Waals surface area contributed by atoms with Crippen molar-refractivity contribution in [2.24, 2.45) is 0 Å².